The molecule has 0 heterocycles. The van der Waals surface area contributed by atoms with E-state index in [2.05, 4.69) is 43.0 Å². The van der Waals surface area contributed by atoms with E-state index in [1.54, 1.807) is 6.92 Å². The molecule has 0 bridgehead atoms. The topological polar surface area (TPSA) is 23.5 Å². The minimum Gasteiger partial charge on any atom is -0.389 e. The minimum atomic E-state index is -0.550. The number of aliphatic hydroxyl groups is 1. The van der Waals surface area contributed by atoms with Crippen molar-refractivity contribution in [2.75, 3.05) is 11.4 Å². The lowest BCUT2D eigenvalue weighted by Gasteiger charge is -2.24. The number of benzene rings is 2. The van der Waals surface area contributed by atoms with Gasteiger partial charge in [0.2, 0.25) is 0 Å². The first-order chi connectivity index (χ1) is 9.52. The molecule has 2 rings (SSSR count). The number of aryl methyl sites for hydroxylation is 1. The molecule has 2 aromatic rings. The second-order valence-electron chi connectivity index (χ2n) is 4.96. The predicted molar refractivity (Wildman–Crippen MR) is 85.9 cm³/mol. The van der Waals surface area contributed by atoms with E-state index in [9.17, 15) is 5.11 Å². The van der Waals surface area contributed by atoms with E-state index < -0.39 is 6.10 Å². The van der Waals surface area contributed by atoms with Gasteiger partial charge in [0.05, 0.1) is 6.10 Å². The molecule has 0 radical (unpaired) electrons. The van der Waals surface area contributed by atoms with E-state index in [1.807, 2.05) is 18.2 Å². The Balaban J connectivity index is 2.37. The molecule has 0 amide bonds. The Morgan fingerprint density at radius 1 is 1.10 bits per heavy atom. The summed E-state index contributed by atoms with van der Waals surface area (Å²) in [5.41, 5.74) is 4.17. The van der Waals surface area contributed by atoms with Crippen LogP contribution in [0.5, 0.6) is 0 Å². The lowest BCUT2D eigenvalue weighted by atomic mass is 10.1. The molecule has 0 aliphatic heterocycles. The van der Waals surface area contributed by atoms with Gasteiger partial charge in [0.25, 0.3) is 0 Å². The van der Waals surface area contributed by atoms with Crippen molar-refractivity contribution in [1.82, 2.24) is 0 Å². The van der Waals surface area contributed by atoms with Crippen LogP contribution in [0, 0.1) is 6.92 Å². The summed E-state index contributed by atoms with van der Waals surface area (Å²) in [5, 5.41) is 10.2. The van der Waals surface area contributed by atoms with Crippen molar-refractivity contribution in [2.45, 2.75) is 26.9 Å². The molecule has 0 saturated carbocycles. The van der Waals surface area contributed by atoms with Crippen LogP contribution in [0.2, 0.25) is 5.02 Å². The third kappa shape index (κ3) is 3.14. The molecule has 3 heteroatoms. The minimum absolute atomic E-state index is 0.550. The van der Waals surface area contributed by atoms with Gasteiger partial charge in [-0.2, -0.15) is 0 Å². The monoisotopic (exact) mass is 289 g/mol. The van der Waals surface area contributed by atoms with E-state index >= 15 is 0 Å². The highest BCUT2D eigenvalue weighted by Gasteiger charge is 2.11. The Bertz CT molecular complexity index is 578. The van der Waals surface area contributed by atoms with Gasteiger partial charge in [-0.3, -0.25) is 0 Å². The standard InChI is InChI=1S/C17H20ClNO/c1-4-19(14-7-5-12(2)6-8-14)15-9-10-16(13(3)20)17(18)11-15/h5-11,13,20H,4H2,1-3H3. The molecule has 1 N–H and O–H groups in total. The SMILES string of the molecule is CCN(c1ccc(C)cc1)c1ccc(C(C)O)c(Cl)c1. The van der Waals surface area contributed by atoms with Crippen molar-refractivity contribution in [3.63, 3.8) is 0 Å². The van der Waals surface area contributed by atoms with Crippen LogP contribution >= 0.6 is 11.6 Å². The highest BCUT2D eigenvalue weighted by molar-refractivity contribution is 6.31. The van der Waals surface area contributed by atoms with Crippen LogP contribution in [-0.2, 0) is 0 Å². The molecule has 0 aromatic heterocycles. The Morgan fingerprint density at radius 2 is 1.70 bits per heavy atom. The zero-order chi connectivity index (χ0) is 14.7. The number of nitrogens with zero attached hydrogens (tertiary/aromatic N) is 1. The smallest absolute Gasteiger partial charge is 0.0776 e. The second kappa shape index (κ2) is 6.29. The van der Waals surface area contributed by atoms with Crippen LogP contribution in [0.3, 0.4) is 0 Å². The Kier molecular flexibility index (Phi) is 4.69. The fourth-order valence-electron chi connectivity index (χ4n) is 2.26. The summed E-state index contributed by atoms with van der Waals surface area (Å²) in [5.74, 6) is 0. The fraction of sp³-hybridized carbons (Fsp3) is 0.294. The highest BCUT2D eigenvalue weighted by Crippen LogP contribution is 2.31. The Hall–Kier alpha value is -1.51. The van der Waals surface area contributed by atoms with Gasteiger partial charge in [-0.25, -0.2) is 0 Å². The number of rotatable bonds is 4. The molecule has 0 saturated heterocycles. The molecule has 0 aliphatic carbocycles. The van der Waals surface area contributed by atoms with Crippen LogP contribution in [0.25, 0.3) is 0 Å². The summed E-state index contributed by atoms with van der Waals surface area (Å²) in [6, 6.07) is 14.2. The van der Waals surface area contributed by atoms with E-state index in [0.717, 1.165) is 23.5 Å². The molecule has 0 spiro atoms. The maximum Gasteiger partial charge on any atom is 0.0776 e. The summed E-state index contributed by atoms with van der Waals surface area (Å²) in [7, 11) is 0. The quantitative estimate of drug-likeness (QED) is 0.869. The average molecular weight is 290 g/mol. The van der Waals surface area contributed by atoms with Crippen molar-refractivity contribution in [3.05, 3.63) is 58.6 Å². The second-order valence-corrected chi connectivity index (χ2v) is 5.37. The first-order valence-corrected chi connectivity index (χ1v) is 7.22. The lowest BCUT2D eigenvalue weighted by Crippen LogP contribution is -2.16. The average Bonchev–Trinajstić information content (AvgIpc) is 2.41. The summed E-state index contributed by atoms with van der Waals surface area (Å²) >= 11 is 6.25. The number of hydrogen-bond acceptors (Lipinski definition) is 2. The molecule has 0 aliphatic rings. The summed E-state index contributed by atoms with van der Waals surface area (Å²) < 4.78 is 0. The van der Waals surface area contributed by atoms with E-state index in [0.29, 0.717) is 5.02 Å². The molecule has 2 nitrogen and oxygen atoms in total. The molecule has 1 atom stereocenters. The first kappa shape index (κ1) is 14.9. The first-order valence-electron chi connectivity index (χ1n) is 6.84. The van der Waals surface area contributed by atoms with Crippen molar-refractivity contribution in [2.24, 2.45) is 0 Å². The number of halogens is 1. The van der Waals surface area contributed by atoms with Crippen molar-refractivity contribution in [1.29, 1.82) is 0 Å². The molecular weight excluding hydrogens is 270 g/mol. The molecule has 2 aromatic carbocycles. The maximum absolute atomic E-state index is 9.64. The van der Waals surface area contributed by atoms with Crippen LogP contribution in [0.1, 0.15) is 31.1 Å². The third-order valence-electron chi connectivity index (χ3n) is 3.41. The summed E-state index contributed by atoms with van der Waals surface area (Å²) in [6.45, 7) is 6.76. The lowest BCUT2D eigenvalue weighted by molar-refractivity contribution is 0.199. The molecule has 0 fully saturated rings. The third-order valence-corrected chi connectivity index (χ3v) is 3.73. The van der Waals surface area contributed by atoms with Gasteiger partial charge in [-0.1, -0.05) is 35.4 Å². The van der Waals surface area contributed by atoms with Gasteiger partial charge in [0.15, 0.2) is 0 Å². The number of hydrogen-bond donors (Lipinski definition) is 1. The van der Waals surface area contributed by atoms with Crippen molar-refractivity contribution >= 4 is 23.0 Å². The zero-order valence-corrected chi connectivity index (χ0v) is 12.9. The van der Waals surface area contributed by atoms with Gasteiger partial charge in [0.1, 0.15) is 0 Å². The zero-order valence-electron chi connectivity index (χ0n) is 12.1. The van der Waals surface area contributed by atoms with Gasteiger partial charge >= 0.3 is 0 Å². The number of aliphatic hydroxyl groups excluding tert-OH is 1. The van der Waals surface area contributed by atoms with Gasteiger partial charge < -0.3 is 10.0 Å². The Labute approximate surface area is 125 Å². The van der Waals surface area contributed by atoms with E-state index in [4.69, 9.17) is 11.6 Å². The summed E-state index contributed by atoms with van der Waals surface area (Å²) in [6.07, 6.45) is -0.550. The fourth-order valence-corrected chi connectivity index (χ4v) is 2.59. The van der Waals surface area contributed by atoms with Crippen LogP contribution in [0.15, 0.2) is 42.5 Å². The van der Waals surface area contributed by atoms with E-state index in [1.165, 1.54) is 5.56 Å². The Morgan fingerprint density at radius 3 is 2.20 bits per heavy atom. The van der Waals surface area contributed by atoms with Crippen molar-refractivity contribution < 1.29 is 5.11 Å². The molecular formula is C17H20ClNO. The van der Waals surface area contributed by atoms with E-state index in [-0.39, 0.29) is 0 Å². The van der Waals surface area contributed by atoms with Crippen LogP contribution in [0.4, 0.5) is 11.4 Å². The molecule has 106 valence electrons. The highest BCUT2D eigenvalue weighted by atomic mass is 35.5. The molecule has 20 heavy (non-hydrogen) atoms. The normalized spacial score (nSPS) is 12.2. The summed E-state index contributed by atoms with van der Waals surface area (Å²) in [4.78, 5) is 2.19. The van der Waals surface area contributed by atoms with Crippen molar-refractivity contribution in [3.8, 4) is 0 Å². The van der Waals surface area contributed by atoms with Gasteiger partial charge in [-0.05, 0) is 50.6 Å². The largest absolute Gasteiger partial charge is 0.389 e. The predicted octanol–water partition coefficient (Wildman–Crippen LogP) is 4.86. The van der Waals surface area contributed by atoms with Crippen LogP contribution in [-0.4, -0.2) is 11.7 Å². The number of anilines is 2. The van der Waals surface area contributed by atoms with Crippen LogP contribution < -0.4 is 4.90 Å². The van der Waals surface area contributed by atoms with Gasteiger partial charge in [-0.15, -0.1) is 0 Å². The van der Waals surface area contributed by atoms with Gasteiger partial charge in [0, 0.05) is 22.9 Å². The molecule has 1 unspecified atom stereocenters. The maximum atomic E-state index is 9.64.